The van der Waals surface area contributed by atoms with Gasteiger partial charge in [0.25, 0.3) is 5.91 Å². The highest BCUT2D eigenvalue weighted by atomic mass is 32.2. The maximum atomic E-state index is 12.9. The number of pyridine rings is 1. The fourth-order valence-corrected chi connectivity index (χ4v) is 5.91. The average Bonchev–Trinajstić information content (AvgIpc) is 3.23. The normalized spacial score (nSPS) is 17.6. The third-order valence-corrected chi connectivity index (χ3v) is 7.95. The van der Waals surface area contributed by atoms with E-state index in [1.165, 1.54) is 35.6 Å². The summed E-state index contributed by atoms with van der Waals surface area (Å²) in [5.74, 6) is -0.332. The number of aromatic nitrogens is 2. The molecule has 0 saturated carbocycles. The van der Waals surface area contributed by atoms with Gasteiger partial charge in [-0.25, -0.2) is 13.4 Å². The number of amides is 1. The number of nitrogens with zero attached hydrogens (tertiary/aromatic N) is 3. The summed E-state index contributed by atoms with van der Waals surface area (Å²) in [5, 5.41) is 5.11. The molecule has 1 aromatic carbocycles. The minimum atomic E-state index is -3.55. The molecule has 9 heteroatoms. The van der Waals surface area contributed by atoms with Gasteiger partial charge in [0.1, 0.15) is 0 Å². The predicted molar refractivity (Wildman–Crippen MR) is 117 cm³/mol. The topological polar surface area (TPSA) is 92.3 Å². The summed E-state index contributed by atoms with van der Waals surface area (Å²) < 4.78 is 27.4. The van der Waals surface area contributed by atoms with Crippen LogP contribution >= 0.6 is 11.3 Å². The largest absolute Gasteiger partial charge is 0.298 e. The Labute approximate surface area is 179 Å². The van der Waals surface area contributed by atoms with E-state index in [9.17, 15) is 13.2 Å². The first-order valence-corrected chi connectivity index (χ1v) is 12.1. The number of hydrogen-bond donors (Lipinski definition) is 1. The minimum absolute atomic E-state index is 0.00813. The maximum absolute atomic E-state index is 12.9. The van der Waals surface area contributed by atoms with Crippen LogP contribution < -0.4 is 5.32 Å². The second-order valence-corrected chi connectivity index (χ2v) is 9.96. The summed E-state index contributed by atoms with van der Waals surface area (Å²) >= 11 is 1.33. The number of sulfonamides is 1. The van der Waals surface area contributed by atoms with Gasteiger partial charge in [-0.3, -0.25) is 15.1 Å². The number of carbonyl (C=O) groups excluding carboxylic acids is 1. The van der Waals surface area contributed by atoms with Crippen LogP contribution in [0.2, 0.25) is 0 Å². The summed E-state index contributed by atoms with van der Waals surface area (Å²) in [4.78, 5) is 21.2. The van der Waals surface area contributed by atoms with Gasteiger partial charge in [0.15, 0.2) is 5.13 Å². The van der Waals surface area contributed by atoms with Crippen LogP contribution in [-0.2, 0) is 10.0 Å². The van der Waals surface area contributed by atoms with Crippen molar-refractivity contribution in [3.63, 3.8) is 0 Å². The Morgan fingerprint density at radius 1 is 1.13 bits per heavy atom. The van der Waals surface area contributed by atoms with Crippen molar-refractivity contribution in [2.24, 2.45) is 0 Å². The minimum Gasteiger partial charge on any atom is -0.298 e. The van der Waals surface area contributed by atoms with Crippen molar-refractivity contribution >= 4 is 32.4 Å². The summed E-state index contributed by atoms with van der Waals surface area (Å²) in [6.07, 6.45) is 6.17. The summed E-state index contributed by atoms with van der Waals surface area (Å²) in [5.41, 5.74) is 2.05. The average molecular weight is 443 g/mol. The van der Waals surface area contributed by atoms with E-state index in [1.807, 2.05) is 24.4 Å². The van der Waals surface area contributed by atoms with Crippen LogP contribution in [0.5, 0.6) is 0 Å². The second kappa shape index (κ2) is 8.63. The smallest absolute Gasteiger partial charge is 0.257 e. The molecule has 4 rings (SSSR count). The first-order valence-electron chi connectivity index (χ1n) is 9.74. The predicted octanol–water partition coefficient (Wildman–Crippen LogP) is 4.02. The lowest BCUT2D eigenvalue weighted by Gasteiger charge is -2.32. The van der Waals surface area contributed by atoms with E-state index in [0.29, 0.717) is 17.2 Å². The Bertz CT molecular complexity index is 1130. The van der Waals surface area contributed by atoms with Crippen molar-refractivity contribution < 1.29 is 13.2 Å². The maximum Gasteiger partial charge on any atom is 0.257 e. The van der Waals surface area contributed by atoms with E-state index < -0.39 is 10.0 Å². The molecule has 0 unspecified atom stereocenters. The molecule has 7 nitrogen and oxygen atoms in total. The van der Waals surface area contributed by atoms with E-state index in [1.54, 1.807) is 16.7 Å². The number of rotatable bonds is 5. The van der Waals surface area contributed by atoms with Gasteiger partial charge in [0.2, 0.25) is 10.0 Å². The zero-order valence-corrected chi connectivity index (χ0v) is 18.1. The number of piperidine rings is 1. The molecule has 2 aromatic heterocycles. The van der Waals surface area contributed by atoms with Crippen molar-refractivity contribution in [1.29, 1.82) is 0 Å². The molecule has 1 saturated heterocycles. The molecule has 1 amide bonds. The first-order chi connectivity index (χ1) is 14.4. The van der Waals surface area contributed by atoms with Crippen molar-refractivity contribution in [2.75, 3.05) is 11.9 Å². The van der Waals surface area contributed by atoms with Crippen LogP contribution in [0.4, 0.5) is 5.13 Å². The van der Waals surface area contributed by atoms with E-state index in [-0.39, 0.29) is 16.8 Å². The SMILES string of the molecule is C[C@@H]1CCCCN1S(=O)(=O)c1ccc(C(=O)Nc2nc(-c3ccncc3)cs2)cc1. The van der Waals surface area contributed by atoms with E-state index in [0.717, 1.165) is 30.5 Å². The van der Waals surface area contributed by atoms with Crippen LogP contribution in [0.15, 0.2) is 59.1 Å². The Balaban J connectivity index is 1.46. The van der Waals surface area contributed by atoms with Crippen molar-refractivity contribution in [2.45, 2.75) is 37.1 Å². The molecule has 156 valence electrons. The number of hydrogen-bond acceptors (Lipinski definition) is 6. The van der Waals surface area contributed by atoms with Crippen molar-refractivity contribution in [3.8, 4) is 11.3 Å². The Morgan fingerprint density at radius 2 is 1.87 bits per heavy atom. The molecule has 3 aromatic rings. The van der Waals surface area contributed by atoms with Gasteiger partial charge in [-0.15, -0.1) is 11.3 Å². The van der Waals surface area contributed by atoms with Crippen LogP contribution in [0.25, 0.3) is 11.3 Å². The number of thiazole rings is 1. The molecule has 1 N–H and O–H groups in total. The van der Waals surface area contributed by atoms with Gasteiger partial charge >= 0.3 is 0 Å². The van der Waals surface area contributed by atoms with Gasteiger partial charge in [0, 0.05) is 41.5 Å². The zero-order valence-electron chi connectivity index (χ0n) is 16.5. The zero-order chi connectivity index (χ0) is 21.1. The monoisotopic (exact) mass is 442 g/mol. The fraction of sp³-hybridized carbons (Fsp3) is 0.286. The Morgan fingerprint density at radius 3 is 2.57 bits per heavy atom. The number of benzene rings is 1. The molecule has 0 spiro atoms. The van der Waals surface area contributed by atoms with Crippen LogP contribution in [0, 0.1) is 0 Å². The molecule has 0 bridgehead atoms. The fourth-order valence-electron chi connectivity index (χ4n) is 3.50. The third-order valence-electron chi connectivity index (χ3n) is 5.17. The molecular weight excluding hydrogens is 420 g/mol. The molecule has 30 heavy (non-hydrogen) atoms. The highest BCUT2D eigenvalue weighted by molar-refractivity contribution is 7.89. The highest BCUT2D eigenvalue weighted by Crippen LogP contribution is 2.26. The molecule has 1 aliphatic rings. The van der Waals surface area contributed by atoms with Crippen molar-refractivity contribution in [1.82, 2.24) is 14.3 Å². The summed E-state index contributed by atoms with van der Waals surface area (Å²) in [6, 6.07) is 9.76. The van der Waals surface area contributed by atoms with E-state index in [2.05, 4.69) is 15.3 Å². The molecule has 1 aliphatic heterocycles. The molecule has 1 atom stereocenters. The lowest BCUT2D eigenvalue weighted by molar-refractivity contribution is 0.102. The summed E-state index contributed by atoms with van der Waals surface area (Å²) in [7, 11) is -3.55. The third kappa shape index (κ3) is 4.28. The highest BCUT2D eigenvalue weighted by Gasteiger charge is 2.30. The molecule has 3 heterocycles. The van der Waals surface area contributed by atoms with Crippen LogP contribution in [0.3, 0.4) is 0 Å². The van der Waals surface area contributed by atoms with Gasteiger partial charge in [-0.1, -0.05) is 6.42 Å². The van der Waals surface area contributed by atoms with Crippen molar-refractivity contribution in [3.05, 3.63) is 59.7 Å². The van der Waals surface area contributed by atoms with E-state index in [4.69, 9.17) is 0 Å². The van der Waals surface area contributed by atoms with Gasteiger partial charge in [-0.05, 0) is 56.2 Å². The van der Waals surface area contributed by atoms with E-state index >= 15 is 0 Å². The number of nitrogens with one attached hydrogen (secondary N) is 1. The first kappa shape index (κ1) is 20.6. The Kier molecular flexibility index (Phi) is 5.94. The Hall–Kier alpha value is -2.62. The number of anilines is 1. The molecule has 0 aliphatic carbocycles. The summed E-state index contributed by atoms with van der Waals surface area (Å²) in [6.45, 7) is 2.47. The second-order valence-electron chi connectivity index (χ2n) is 7.21. The molecule has 1 fully saturated rings. The quantitative estimate of drug-likeness (QED) is 0.644. The molecular formula is C21H22N4O3S2. The van der Waals surface area contributed by atoms with Gasteiger partial charge < -0.3 is 0 Å². The number of carbonyl (C=O) groups is 1. The standard InChI is InChI=1S/C21H22N4O3S2/c1-15-4-2-3-13-25(15)30(27,28)18-7-5-17(6-8-18)20(26)24-21-23-19(14-29-21)16-9-11-22-12-10-16/h5-12,14-15H,2-4,13H2,1H3,(H,23,24,26)/t15-/m1/s1. The molecule has 0 radical (unpaired) electrons. The van der Waals surface area contributed by atoms with Gasteiger partial charge in [0.05, 0.1) is 10.6 Å². The van der Waals surface area contributed by atoms with Gasteiger partial charge in [-0.2, -0.15) is 4.31 Å². The lowest BCUT2D eigenvalue weighted by atomic mass is 10.1. The van der Waals surface area contributed by atoms with Crippen LogP contribution in [-0.4, -0.2) is 41.2 Å². The lowest BCUT2D eigenvalue weighted by Crippen LogP contribution is -2.41. The van der Waals surface area contributed by atoms with Crippen LogP contribution in [0.1, 0.15) is 36.5 Å².